The number of rotatable bonds is 9. The summed E-state index contributed by atoms with van der Waals surface area (Å²) in [5.41, 5.74) is 1.12. The number of ether oxygens (including phenoxy) is 1. The van der Waals surface area contributed by atoms with Gasteiger partial charge in [0.2, 0.25) is 11.1 Å². The molecule has 156 valence electrons. The number of carbonyl (C=O) groups is 1. The van der Waals surface area contributed by atoms with E-state index in [0.717, 1.165) is 42.4 Å². The SMILES string of the molecule is COc1ccccc1C(CNC(=O)C(C)Sc1nnnn1C1CC1)N1CCCC1. The van der Waals surface area contributed by atoms with Gasteiger partial charge in [-0.25, -0.2) is 4.68 Å². The Morgan fingerprint density at radius 1 is 1.31 bits per heavy atom. The predicted molar refractivity (Wildman–Crippen MR) is 111 cm³/mol. The Labute approximate surface area is 175 Å². The summed E-state index contributed by atoms with van der Waals surface area (Å²) >= 11 is 1.42. The lowest BCUT2D eigenvalue weighted by molar-refractivity contribution is -0.120. The summed E-state index contributed by atoms with van der Waals surface area (Å²) in [4.78, 5) is 15.2. The van der Waals surface area contributed by atoms with Crippen LogP contribution in [-0.2, 0) is 4.79 Å². The van der Waals surface area contributed by atoms with Crippen molar-refractivity contribution in [1.29, 1.82) is 0 Å². The quantitative estimate of drug-likeness (QED) is 0.629. The van der Waals surface area contributed by atoms with Gasteiger partial charge in [-0.1, -0.05) is 30.0 Å². The monoisotopic (exact) mass is 416 g/mol. The average Bonchev–Trinajstić information content (AvgIpc) is 3.23. The van der Waals surface area contributed by atoms with Crippen LogP contribution >= 0.6 is 11.8 Å². The Hall–Kier alpha value is -2.13. The Morgan fingerprint density at radius 3 is 2.79 bits per heavy atom. The van der Waals surface area contributed by atoms with Gasteiger partial charge in [0.15, 0.2) is 0 Å². The number of thioether (sulfide) groups is 1. The molecular weight excluding hydrogens is 388 g/mol. The minimum absolute atomic E-state index is 0.000517. The van der Waals surface area contributed by atoms with E-state index in [-0.39, 0.29) is 17.2 Å². The first-order valence-corrected chi connectivity index (χ1v) is 11.1. The molecule has 1 saturated carbocycles. The van der Waals surface area contributed by atoms with Crippen molar-refractivity contribution in [3.63, 3.8) is 0 Å². The largest absolute Gasteiger partial charge is 0.496 e. The normalized spacial score (nSPS) is 19.1. The van der Waals surface area contributed by atoms with Crippen LogP contribution in [0.3, 0.4) is 0 Å². The first-order valence-electron chi connectivity index (χ1n) is 10.3. The molecule has 2 aromatic rings. The molecule has 1 amide bonds. The van der Waals surface area contributed by atoms with Crippen LogP contribution in [-0.4, -0.2) is 63.0 Å². The summed E-state index contributed by atoms with van der Waals surface area (Å²) in [6.07, 6.45) is 4.59. The van der Waals surface area contributed by atoms with Crippen LogP contribution in [0.25, 0.3) is 0 Å². The van der Waals surface area contributed by atoms with Gasteiger partial charge in [0, 0.05) is 12.1 Å². The van der Waals surface area contributed by atoms with E-state index in [0.29, 0.717) is 12.6 Å². The number of hydrogen-bond acceptors (Lipinski definition) is 7. The number of tetrazole rings is 1. The van der Waals surface area contributed by atoms with Crippen LogP contribution in [0.15, 0.2) is 29.4 Å². The number of nitrogens with zero attached hydrogens (tertiary/aromatic N) is 5. The van der Waals surface area contributed by atoms with Crippen molar-refractivity contribution < 1.29 is 9.53 Å². The van der Waals surface area contributed by atoms with Crippen molar-refractivity contribution in [3.8, 4) is 5.75 Å². The summed E-state index contributed by atoms with van der Waals surface area (Å²) in [6.45, 7) is 4.54. The van der Waals surface area contributed by atoms with E-state index in [1.807, 2.05) is 29.8 Å². The van der Waals surface area contributed by atoms with E-state index >= 15 is 0 Å². The fourth-order valence-corrected chi connectivity index (χ4v) is 4.68. The highest BCUT2D eigenvalue weighted by Gasteiger charge is 2.30. The molecule has 9 heteroatoms. The van der Waals surface area contributed by atoms with Crippen molar-refractivity contribution in [2.24, 2.45) is 0 Å². The zero-order chi connectivity index (χ0) is 20.2. The fraction of sp³-hybridized carbons (Fsp3) is 0.600. The fourth-order valence-electron chi connectivity index (χ4n) is 3.79. The molecule has 1 aliphatic carbocycles. The highest BCUT2D eigenvalue weighted by Crippen LogP contribution is 2.37. The van der Waals surface area contributed by atoms with Crippen LogP contribution in [0.1, 0.15) is 50.3 Å². The molecule has 4 rings (SSSR count). The van der Waals surface area contributed by atoms with Gasteiger partial charge in [-0.2, -0.15) is 0 Å². The van der Waals surface area contributed by atoms with Crippen molar-refractivity contribution in [3.05, 3.63) is 29.8 Å². The van der Waals surface area contributed by atoms with Crippen LogP contribution in [0.2, 0.25) is 0 Å². The van der Waals surface area contributed by atoms with Crippen LogP contribution in [0, 0.1) is 0 Å². The van der Waals surface area contributed by atoms with E-state index in [1.165, 1.54) is 24.6 Å². The number of benzene rings is 1. The predicted octanol–water partition coefficient (Wildman–Crippen LogP) is 2.45. The van der Waals surface area contributed by atoms with Gasteiger partial charge < -0.3 is 10.1 Å². The second-order valence-electron chi connectivity index (χ2n) is 7.64. The number of nitrogens with one attached hydrogen (secondary N) is 1. The molecule has 1 N–H and O–H groups in total. The molecule has 29 heavy (non-hydrogen) atoms. The maximum absolute atomic E-state index is 12.8. The third-order valence-electron chi connectivity index (χ3n) is 5.56. The van der Waals surface area contributed by atoms with Crippen LogP contribution < -0.4 is 10.1 Å². The van der Waals surface area contributed by atoms with Gasteiger partial charge in [0.05, 0.1) is 24.4 Å². The molecule has 0 bridgehead atoms. The van der Waals surface area contributed by atoms with Gasteiger partial charge in [0.25, 0.3) is 0 Å². The summed E-state index contributed by atoms with van der Waals surface area (Å²) in [7, 11) is 1.70. The molecule has 1 aliphatic heterocycles. The van der Waals surface area contributed by atoms with E-state index in [1.54, 1.807) is 7.11 Å². The molecule has 1 saturated heterocycles. The standard InChI is InChI=1S/C20H28N6O2S/c1-14(29-20-22-23-24-26(20)15-9-10-15)19(27)21-13-17(25-11-5-6-12-25)16-7-3-4-8-18(16)28-2/h3-4,7-8,14-15,17H,5-6,9-13H2,1-2H3,(H,21,27). The molecule has 2 unspecified atom stereocenters. The highest BCUT2D eigenvalue weighted by atomic mass is 32.2. The molecule has 1 aromatic carbocycles. The maximum atomic E-state index is 12.8. The van der Waals surface area contributed by atoms with E-state index in [2.05, 4.69) is 31.8 Å². The molecular formula is C20H28N6O2S. The molecule has 2 aliphatic rings. The smallest absolute Gasteiger partial charge is 0.233 e. The topological polar surface area (TPSA) is 85.2 Å². The Bertz CT molecular complexity index is 834. The second-order valence-corrected chi connectivity index (χ2v) is 8.95. The zero-order valence-electron chi connectivity index (χ0n) is 17.0. The van der Waals surface area contributed by atoms with Crippen molar-refractivity contribution >= 4 is 17.7 Å². The number of para-hydroxylation sites is 1. The Kier molecular flexibility index (Phi) is 6.34. The Balaban J connectivity index is 1.41. The van der Waals surface area contributed by atoms with Gasteiger partial charge in [-0.15, -0.1) is 5.10 Å². The summed E-state index contributed by atoms with van der Waals surface area (Å²) in [5.74, 6) is 0.865. The second kappa shape index (κ2) is 9.13. The van der Waals surface area contributed by atoms with E-state index < -0.39 is 0 Å². The molecule has 0 radical (unpaired) electrons. The van der Waals surface area contributed by atoms with Crippen molar-refractivity contribution in [2.45, 2.75) is 55.1 Å². The Morgan fingerprint density at radius 2 is 2.07 bits per heavy atom. The van der Waals surface area contributed by atoms with Crippen LogP contribution in [0.4, 0.5) is 0 Å². The van der Waals surface area contributed by atoms with E-state index in [4.69, 9.17) is 4.74 Å². The number of hydrogen-bond donors (Lipinski definition) is 1. The third-order valence-corrected chi connectivity index (χ3v) is 6.60. The summed E-state index contributed by atoms with van der Waals surface area (Å²) in [5, 5.41) is 15.5. The van der Waals surface area contributed by atoms with Crippen molar-refractivity contribution in [2.75, 3.05) is 26.7 Å². The maximum Gasteiger partial charge on any atom is 0.233 e. The lowest BCUT2D eigenvalue weighted by atomic mass is 10.0. The number of carbonyl (C=O) groups excluding carboxylic acids is 1. The number of amides is 1. The first-order chi connectivity index (χ1) is 14.2. The molecule has 0 spiro atoms. The lowest BCUT2D eigenvalue weighted by Gasteiger charge is -2.29. The molecule has 2 fully saturated rings. The number of methoxy groups -OCH3 is 1. The minimum atomic E-state index is -0.268. The van der Waals surface area contributed by atoms with Crippen molar-refractivity contribution in [1.82, 2.24) is 30.4 Å². The van der Waals surface area contributed by atoms with Gasteiger partial charge in [-0.3, -0.25) is 9.69 Å². The third kappa shape index (κ3) is 4.72. The molecule has 1 aromatic heterocycles. The zero-order valence-corrected chi connectivity index (χ0v) is 17.8. The minimum Gasteiger partial charge on any atom is -0.496 e. The van der Waals surface area contributed by atoms with Crippen LogP contribution in [0.5, 0.6) is 5.75 Å². The van der Waals surface area contributed by atoms with E-state index in [9.17, 15) is 4.79 Å². The summed E-state index contributed by atoms with van der Waals surface area (Å²) in [6, 6.07) is 8.58. The lowest BCUT2D eigenvalue weighted by Crippen LogP contribution is -2.39. The van der Waals surface area contributed by atoms with Gasteiger partial charge in [0.1, 0.15) is 5.75 Å². The van der Waals surface area contributed by atoms with Gasteiger partial charge >= 0.3 is 0 Å². The summed E-state index contributed by atoms with van der Waals surface area (Å²) < 4.78 is 7.43. The number of aromatic nitrogens is 4. The first kappa shape index (κ1) is 20.2. The number of likely N-dealkylation sites (tertiary alicyclic amines) is 1. The highest BCUT2D eigenvalue weighted by molar-refractivity contribution is 8.00. The molecule has 2 heterocycles. The average molecular weight is 417 g/mol. The van der Waals surface area contributed by atoms with Gasteiger partial charge in [-0.05, 0) is 62.2 Å². The molecule has 8 nitrogen and oxygen atoms in total. The molecule has 2 atom stereocenters.